The summed E-state index contributed by atoms with van der Waals surface area (Å²) in [5.41, 5.74) is -0.196. The van der Waals surface area contributed by atoms with Crippen molar-refractivity contribution in [2.75, 3.05) is 6.54 Å². The van der Waals surface area contributed by atoms with Crippen LogP contribution in [-0.4, -0.2) is 20.9 Å². The van der Waals surface area contributed by atoms with Crippen LogP contribution in [0.15, 0.2) is 21.5 Å². The van der Waals surface area contributed by atoms with E-state index in [4.69, 9.17) is 5.14 Å². The zero-order valence-electron chi connectivity index (χ0n) is 12.0. The molecule has 21 heavy (non-hydrogen) atoms. The normalized spacial score (nSPS) is 12.3. The molecule has 0 heterocycles. The average Bonchev–Trinajstić information content (AvgIpc) is 2.37. The number of nitrogens with two attached hydrogens (primary N) is 1. The topological polar surface area (TPSA) is 89.3 Å². The Morgan fingerprint density at radius 1 is 1.43 bits per heavy atom. The number of benzene rings is 1. The third-order valence-corrected chi connectivity index (χ3v) is 5.25. The number of hydrogen-bond acceptors (Lipinski definition) is 3. The molecule has 0 radical (unpaired) electrons. The maximum Gasteiger partial charge on any atom is 0.251 e. The van der Waals surface area contributed by atoms with Crippen molar-refractivity contribution in [3.63, 3.8) is 0 Å². The van der Waals surface area contributed by atoms with Crippen LogP contribution in [-0.2, 0) is 10.0 Å². The Labute approximate surface area is 132 Å². The first-order valence-corrected chi connectivity index (χ1v) is 8.62. The van der Waals surface area contributed by atoms with Crippen LogP contribution in [0.5, 0.6) is 0 Å². The van der Waals surface area contributed by atoms with Crippen molar-refractivity contribution in [3.05, 3.63) is 28.0 Å². The molecule has 0 atom stereocenters. The second-order valence-electron chi connectivity index (χ2n) is 5.52. The third-order valence-electron chi connectivity index (χ3n) is 3.25. The second-order valence-corrected chi connectivity index (χ2v) is 7.84. The third kappa shape index (κ3) is 4.76. The summed E-state index contributed by atoms with van der Waals surface area (Å²) in [6.07, 6.45) is 0.852. The molecule has 118 valence electrons. The minimum atomic E-state index is -4.13. The summed E-state index contributed by atoms with van der Waals surface area (Å²) in [7, 11) is -4.13. The van der Waals surface area contributed by atoms with Gasteiger partial charge in [0, 0.05) is 12.1 Å². The highest BCUT2D eigenvalue weighted by molar-refractivity contribution is 9.10. The van der Waals surface area contributed by atoms with Gasteiger partial charge in [-0.2, -0.15) is 0 Å². The summed E-state index contributed by atoms with van der Waals surface area (Å²) >= 11 is 2.82. The molecule has 1 aromatic rings. The van der Waals surface area contributed by atoms with Crippen LogP contribution in [0.2, 0.25) is 0 Å². The van der Waals surface area contributed by atoms with Crippen molar-refractivity contribution in [2.24, 2.45) is 10.6 Å². The summed E-state index contributed by atoms with van der Waals surface area (Å²) in [5.74, 6) is -1.41. The van der Waals surface area contributed by atoms with E-state index in [0.717, 1.165) is 18.6 Å². The van der Waals surface area contributed by atoms with Gasteiger partial charge in [-0.1, -0.05) is 20.8 Å². The molecule has 0 saturated carbocycles. The van der Waals surface area contributed by atoms with Crippen LogP contribution >= 0.6 is 15.9 Å². The summed E-state index contributed by atoms with van der Waals surface area (Å²) in [6.45, 7) is 6.34. The molecule has 0 aromatic heterocycles. The highest BCUT2D eigenvalue weighted by Gasteiger charge is 2.21. The van der Waals surface area contributed by atoms with E-state index in [9.17, 15) is 17.6 Å². The number of nitrogens with one attached hydrogen (secondary N) is 1. The van der Waals surface area contributed by atoms with E-state index in [1.807, 2.05) is 20.8 Å². The molecule has 8 heteroatoms. The zero-order chi connectivity index (χ0) is 16.4. The molecule has 0 aliphatic heterocycles. The molecule has 3 N–H and O–H groups in total. The van der Waals surface area contributed by atoms with E-state index in [1.165, 1.54) is 0 Å². The number of rotatable bonds is 5. The van der Waals surface area contributed by atoms with Gasteiger partial charge in [0.15, 0.2) is 0 Å². The van der Waals surface area contributed by atoms with Gasteiger partial charge in [-0.15, -0.1) is 0 Å². The number of hydrogen-bond donors (Lipinski definition) is 2. The van der Waals surface area contributed by atoms with Crippen molar-refractivity contribution in [2.45, 2.75) is 32.1 Å². The molecular weight excluding hydrogens is 363 g/mol. The largest absolute Gasteiger partial charge is 0.352 e. The predicted molar refractivity (Wildman–Crippen MR) is 81.9 cm³/mol. The van der Waals surface area contributed by atoms with Gasteiger partial charge >= 0.3 is 0 Å². The van der Waals surface area contributed by atoms with E-state index >= 15 is 0 Å². The molecule has 0 aliphatic carbocycles. The maximum atomic E-state index is 13.7. The van der Waals surface area contributed by atoms with Crippen molar-refractivity contribution in [1.29, 1.82) is 0 Å². The Balaban J connectivity index is 3.10. The van der Waals surface area contributed by atoms with Crippen molar-refractivity contribution in [3.8, 4) is 0 Å². The highest BCUT2D eigenvalue weighted by Crippen LogP contribution is 2.26. The molecule has 1 rings (SSSR count). The number of halogens is 2. The second kappa shape index (κ2) is 6.41. The summed E-state index contributed by atoms with van der Waals surface area (Å²) < 4.78 is 36.2. The van der Waals surface area contributed by atoms with Crippen molar-refractivity contribution < 1.29 is 17.6 Å². The average molecular weight is 381 g/mol. The fourth-order valence-electron chi connectivity index (χ4n) is 1.45. The van der Waals surface area contributed by atoms with Crippen LogP contribution in [0.25, 0.3) is 0 Å². The van der Waals surface area contributed by atoms with Gasteiger partial charge < -0.3 is 5.32 Å². The van der Waals surface area contributed by atoms with E-state index in [0.29, 0.717) is 6.54 Å². The lowest BCUT2D eigenvalue weighted by Gasteiger charge is -2.22. The van der Waals surface area contributed by atoms with Crippen LogP contribution in [0.3, 0.4) is 0 Å². The van der Waals surface area contributed by atoms with Crippen molar-refractivity contribution in [1.82, 2.24) is 5.32 Å². The van der Waals surface area contributed by atoms with E-state index in [2.05, 4.69) is 21.2 Å². The molecule has 0 bridgehead atoms. The highest BCUT2D eigenvalue weighted by atomic mass is 79.9. The Hall–Kier alpha value is -0.990. The predicted octanol–water partition coefficient (Wildman–Crippen LogP) is 2.40. The SMILES string of the molecule is CCC(C)(C)CNC(=O)c1cc(F)c(Br)c(S(N)(=O)=O)c1. The van der Waals surface area contributed by atoms with Gasteiger partial charge in [0.05, 0.1) is 9.37 Å². The molecular formula is C13H18BrFN2O3S. The molecule has 0 fully saturated rings. The lowest BCUT2D eigenvalue weighted by Crippen LogP contribution is -2.33. The first kappa shape index (κ1) is 18.1. The van der Waals surface area contributed by atoms with Gasteiger partial charge in [0.1, 0.15) is 5.82 Å². The Morgan fingerprint density at radius 2 is 2.00 bits per heavy atom. The number of carbonyl (C=O) groups excluding carboxylic acids is 1. The van der Waals surface area contributed by atoms with Crippen LogP contribution in [0, 0.1) is 11.2 Å². The van der Waals surface area contributed by atoms with E-state index in [-0.39, 0.29) is 15.5 Å². The Morgan fingerprint density at radius 3 is 2.48 bits per heavy atom. The van der Waals surface area contributed by atoms with Crippen LogP contribution in [0.4, 0.5) is 4.39 Å². The molecule has 0 aliphatic rings. The number of primary sulfonamides is 1. The minimum Gasteiger partial charge on any atom is -0.352 e. The van der Waals surface area contributed by atoms with Crippen LogP contribution in [0.1, 0.15) is 37.6 Å². The molecule has 1 aromatic carbocycles. The molecule has 0 spiro atoms. The Bertz CT molecular complexity index is 660. The number of sulfonamides is 1. The molecule has 5 nitrogen and oxygen atoms in total. The van der Waals surface area contributed by atoms with Gasteiger partial charge in [-0.3, -0.25) is 4.79 Å². The smallest absolute Gasteiger partial charge is 0.251 e. The van der Waals surface area contributed by atoms with Crippen LogP contribution < -0.4 is 10.5 Å². The molecule has 1 amide bonds. The molecule has 0 unspecified atom stereocenters. The van der Waals surface area contributed by atoms with E-state index < -0.39 is 26.6 Å². The first-order chi connectivity index (χ1) is 9.48. The Kier molecular flexibility index (Phi) is 5.51. The summed E-state index contributed by atoms with van der Waals surface area (Å²) in [4.78, 5) is 11.6. The van der Waals surface area contributed by atoms with Gasteiger partial charge in [-0.05, 0) is 39.9 Å². The quantitative estimate of drug-likeness (QED) is 0.821. The number of carbonyl (C=O) groups is 1. The van der Waals surface area contributed by atoms with E-state index in [1.54, 1.807) is 0 Å². The maximum absolute atomic E-state index is 13.7. The van der Waals surface area contributed by atoms with Gasteiger partial charge in [-0.25, -0.2) is 17.9 Å². The molecule has 0 saturated heterocycles. The standard InChI is InChI=1S/C13H18BrFN2O3S/c1-4-13(2,3)7-17-12(18)8-5-9(15)11(14)10(6-8)21(16,19)20/h5-6H,4,7H2,1-3H3,(H,17,18)(H2,16,19,20). The van der Waals surface area contributed by atoms with Crippen molar-refractivity contribution >= 4 is 31.9 Å². The summed E-state index contributed by atoms with van der Waals surface area (Å²) in [5, 5.41) is 7.66. The van der Waals surface area contributed by atoms with Gasteiger partial charge in [0.2, 0.25) is 10.0 Å². The fourth-order valence-corrected chi connectivity index (χ4v) is 2.99. The monoisotopic (exact) mass is 380 g/mol. The minimum absolute atomic E-state index is 0.0911. The zero-order valence-corrected chi connectivity index (χ0v) is 14.4. The lowest BCUT2D eigenvalue weighted by molar-refractivity contribution is 0.0935. The fraction of sp³-hybridized carbons (Fsp3) is 0.462. The first-order valence-electron chi connectivity index (χ1n) is 6.28. The lowest BCUT2D eigenvalue weighted by atomic mass is 9.90. The number of amides is 1. The summed E-state index contributed by atoms with van der Waals surface area (Å²) in [6, 6.07) is 2.02. The van der Waals surface area contributed by atoms with Gasteiger partial charge in [0.25, 0.3) is 5.91 Å².